The van der Waals surface area contributed by atoms with E-state index in [0.717, 1.165) is 6.08 Å². The molecular weight excluding hydrogens is 115 g/mol. The molecular formula is C4H5ClO2. The molecule has 0 heterocycles. The van der Waals surface area contributed by atoms with E-state index < -0.39 is 5.97 Å². The number of rotatable bonds is 2. The molecule has 0 aromatic heterocycles. The third-order valence-corrected chi connectivity index (χ3v) is 0.528. The first-order valence-corrected chi connectivity index (χ1v) is 2.26. The molecule has 0 aromatic rings. The number of allylic oxidation sites excluding steroid dienone is 1. The van der Waals surface area contributed by atoms with Crippen LogP contribution in [0.5, 0.6) is 0 Å². The van der Waals surface area contributed by atoms with Crippen LogP contribution in [0, 0.1) is 0 Å². The van der Waals surface area contributed by atoms with Gasteiger partial charge in [-0.1, -0.05) is 6.08 Å². The van der Waals surface area contributed by atoms with Crippen LogP contribution in [0.25, 0.3) is 0 Å². The highest BCUT2D eigenvalue weighted by Gasteiger charge is 1.79. The second kappa shape index (κ2) is 3.68. The third-order valence-electron chi connectivity index (χ3n) is 0.350. The van der Waals surface area contributed by atoms with Crippen LogP contribution in [0.1, 0.15) is 0 Å². The molecule has 2 nitrogen and oxygen atoms in total. The lowest BCUT2D eigenvalue weighted by atomic mass is 10.5. The van der Waals surface area contributed by atoms with Crippen LogP contribution in [0.3, 0.4) is 0 Å². The molecule has 0 amide bonds. The average Bonchev–Trinajstić information content (AvgIpc) is 1.61. The maximum absolute atomic E-state index is 9.61. The summed E-state index contributed by atoms with van der Waals surface area (Å²) in [4.78, 5) is 9.61. The van der Waals surface area contributed by atoms with E-state index in [9.17, 15) is 4.79 Å². The van der Waals surface area contributed by atoms with Gasteiger partial charge in [0.15, 0.2) is 0 Å². The number of hydrogen-bond donors (Lipinski definition) is 1. The summed E-state index contributed by atoms with van der Waals surface area (Å²) in [6, 6.07) is 0. The van der Waals surface area contributed by atoms with Gasteiger partial charge in [-0.25, -0.2) is 4.79 Å². The van der Waals surface area contributed by atoms with Crippen molar-refractivity contribution in [2.75, 3.05) is 5.88 Å². The molecule has 0 saturated carbocycles. The first-order valence-electron chi connectivity index (χ1n) is 1.73. The summed E-state index contributed by atoms with van der Waals surface area (Å²) in [5.41, 5.74) is 0. The van der Waals surface area contributed by atoms with Gasteiger partial charge in [0.1, 0.15) is 0 Å². The Morgan fingerprint density at radius 1 is 1.86 bits per heavy atom. The van der Waals surface area contributed by atoms with Crippen molar-refractivity contribution in [2.45, 2.75) is 0 Å². The van der Waals surface area contributed by atoms with E-state index in [1.807, 2.05) is 0 Å². The summed E-state index contributed by atoms with van der Waals surface area (Å²) < 4.78 is 0. The van der Waals surface area contributed by atoms with Crippen molar-refractivity contribution < 1.29 is 9.90 Å². The molecule has 0 fully saturated rings. The molecule has 0 spiro atoms. The largest absolute Gasteiger partial charge is 0.478 e. The van der Waals surface area contributed by atoms with E-state index in [1.165, 1.54) is 6.08 Å². The van der Waals surface area contributed by atoms with E-state index >= 15 is 0 Å². The SMILES string of the molecule is O=C(O)/C=C/CCl. The minimum absolute atomic E-state index is 0.256. The number of alkyl halides is 1. The highest BCUT2D eigenvalue weighted by atomic mass is 35.5. The number of hydrogen-bond acceptors (Lipinski definition) is 1. The molecule has 0 aromatic carbocycles. The Hall–Kier alpha value is -0.500. The summed E-state index contributed by atoms with van der Waals surface area (Å²) in [7, 11) is 0. The summed E-state index contributed by atoms with van der Waals surface area (Å²) in [5.74, 6) is -0.701. The van der Waals surface area contributed by atoms with Crippen molar-refractivity contribution in [3.8, 4) is 0 Å². The van der Waals surface area contributed by atoms with Crippen molar-refractivity contribution in [3.63, 3.8) is 0 Å². The van der Waals surface area contributed by atoms with Crippen LogP contribution < -0.4 is 0 Å². The first kappa shape index (κ1) is 6.50. The number of aliphatic carboxylic acids is 1. The molecule has 0 aliphatic heterocycles. The van der Waals surface area contributed by atoms with E-state index in [4.69, 9.17) is 16.7 Å². The average molecular weight is 121 g/mol. The maximum Gasteiger partial charge on any atom is 0.328 e. The summed E-state index contributed by atoms with van der Waals surface area (Å²) in [5, 5.41) is 7.90. The summed E-state index contributed by atoms with van der Waals surface area (Å²) in [6.45, 7) is 0. The molecule has 0 aliphatic rings. The minimum atomic E-state index is -0.958. The molecule has 0 rings (SSSR count). The molecule has 0 atom stereocenters. The molecule has 40 valence electrons. The molecule has 0 aliphatic carbocycles. The van der Waals surface area contributed by atoms with Gasteiger partial charge in [-0.15, -0.1) is 11.6 Å². The Labute approximate surface area is 46.4 Å². The van der Waals surface area contributed by atoms with Gasteiger partial charge in [0.05, 0.1) is 0 Å². The Kier molecular flexibility index (Phi) is 3.42. The van der Waals surface area contributed by atoms with Gasteiger partial charge in [0.25, 0.3) is 0 Å². The van der Waals surface area contributed by atoms with Gasteiger partial charge >= 0.3 is 5.97 Å². The highest BCUT2D eigenvalue weighted by molar-refractivity contribution is 6.19. The Bertz CT molecular complexity index is 87.7. The van der Waals surface area contributed by atoms with Gasteiger partial charge in [0, 0.05) is 12.0 Å². The van der Waals surface area contributed by atoms with Gasteiger partial charge in [-0.05, 0) is 0 Å². The molecule has 1 N–H and O–H groups in total. The molecule has 0 radical (unpaired) electrons. The van der Waals surface area contributed by atoms with Crippen LogP contribution in [0.2, 0.25) is 0 Å². The van der Waals surface area contributed by atoms with Gasteiger partial charge < -0.3 is 5.11 Å². The normalized spacial score (nSPS) is 9.86. The lowest BCUT2D eigenvalue weighted by molar-refractivity contribution is -0.131. The second-order valence-electron chi connectivity index (χ2n) is 0.895. The Balaban J connectivity index is 3.26. The smallest absolute Gasteiger partial charge is 0.328 e. The van der Waals surface area contributed by atoms with Crippen LogP contribution in [0.15, 0.2) is 12.2 Å². The quantitative estimate of drug-likeness (QED) is 0.434. The predicted octanol–water partition coefficient (Wildman–Crippen LogP) is 0.866. The van der Waals surface area contributed by atoms with Gasteiger partial charge in [-0.3, -0.25) is 0 Å². The predicted molar refractivity (Wildman–Crippen MR) is 27.5 cm³/mol. The van der Waals surface area contributed by atoms with E-state index in [0.29, 0.717) is 0 Å². The Morgan fingerprint density at radius 2 is 2.43 bits per heavy atom. The fourth-order valence-corrected chi connectivity index (χ4v) is 0.234. The molecule has 0 saturated heterocycles. The summed E-state index contributed by atoms with van der Waals surface area (Å²) >= 11 is 5.10. The molecule has 3 heteroatoms. The maximum atomic E-state index is 9.61. The van der Waals surface area contributed by atoms with E-state index in [-0.39, 0.29) is 5.88 Å². The number of carbonyl (C=O) groups is 1. The van der Waals surface area contributed by atoms with Crippen molar-refractivity contribution in [3.05, 3.63) is 12.2 Å². The third kappa shape index (κ3) is 5.50. The first-order chi connectivity index (χ1) is 3.27. The zero-order chi connectivity index (χ0) is 5.70. The van der Waals surface area contributed by atoms with Crippen LogP contribution in [-0.4, -0.2) is 17.0 Å². The number of halogens is 1. The van der Waals surface area contributed by atoms with Crippen molar-refractivity contribution in [1.82, 2.24) is 0 Å². The lowest BCUT2D eigenvalue weighted by Crippen LogP contribution is -1.85. The molecule has 0 unspecified atom stereocenters. The van der Waals surface area contributed by atoms with E-state index in [2.05, 4.69) is 0 Å². The lowest BCUT2D eigenvalue weighted by Gasteiger charge is -1.72. The molecule has 0 bridgehead atoms. The van der Waals surface area contributed by atoms with E-state index in [1.54, 1.807) is 0 Å². The van der Waals surface area contributed by atoms with Gasteiger partial charge in [-0.2, -0.15) is 0 Å². The summed E-state index contributed by atoms with van der Waals surface area (Å²) in [6.07, 6.45) is 2.37. The topological polar surface area (TPSA) is 37.3 Å². The second-order valence-corrected chi connectivity index (χ2v) is 1.20. The van der Waals surface area contributed by atoms with Crippen LogP contribution in [-0.2, 0) is 4.79 Å². The fourth-order valence-electron chi connectivity index (χ4n) is 0.145. The minimum Gasteiger partial charge on any atom is -0.478 e. The van der Waals surface area contributed by atoms with Crippen molar-refractivity contribution >= 4 is 17.6 Å². The zero-order valence-corrected chi connectivity index (χ0v) is 4.35. The van der Waals surface area contributed by atoms with Gasteiger partial charge in [0.2, 0.25) is 0 Å². The zero-order valence-electron chi connectivity index (χ0n) is 3.60. The Morgan fingerprint density at radius 3 is 2.57 bits per heavy atom. The van der Waals surface area contributed by atoms with Crippen molar-refractivity contribution in [2.24, 2.45) is 0 Å². The standard InChI is InChI=1S/C4H5ClO2/c5-3-1-2-4(6)7/h1-2H,3H2,(H,6,7)/b2-1+. The monoisotopic (exact) mass is 120 g/mol. The number of carboxylic acid groups (broad SMARTS) is 1. The molecule has 7 heavy (non-hydrogen) atoms. The van der Waals surface area contributed by atoms with Crippen molar-refractivity contribution in [1.29, 1.82) is 0 Å². The number of carboxylic acids is 1. The fraction of sp³-hybridized carbons (Fsp3) is 0.250. The highest BCUT2D eigenvalue weighted by Crippen LogP contribution is 1.76. The van der Waals surface area contributed by atoms with Crippen LogP contribution >= 0.6 is 11.6 Å². The van der Waals surface area contributed by atoms with Crippen LogP contribution in [0.4, 0.5) is 0 Å².